The van der Waals surface area contributed by atoms with Gasteiger partial charge in [-0.15, -0.1) is 0 Å². The van der Waals surface area contributed by atoms with Gasteiger partial charge in [-0.1, -0.05) is 37.3 Å². The smallest absolute Gasteiger partial charge is 0.163 e. The van der Waals surface area contributed by atoms with Crippen LogP contribution >= 0.6 is 0 Å². The minimum absolute atomic E-state index is 0.155. The minimum atomic E-state index is 0.155. The molecule has 0 fully saturated rings. The van der Waals surface area contributed by atoms with Crippen molar-refractivity contribution >= 4 is 33.4 Å². The summed E-state index contributed by atoms with van der Waals surface area (Å²) in [6.07, 6.45) is 4.09. The van der Waals surface area contributed by atoms with E-state index in [1.54, 1.807) is 0 Å². The third-order valence-corrected chi connectivity index (χ3v) is 5.01. The van der Waals surface area contributed by atoms with E-state index in [2.05, 4.69) is 40.6 Å². The molecule has 0 radical (unpaired) electrons. The number of aromatic nitrogens is 3. The Labute approximate surface area is 157 Å². The maximum Gasteiger partial charge on any atom is 0.163 e. The van der Waals surface area contributed by atoms with Crippen molar-refractivity contribution in [2.75, 3.05) is 5.73 Å². The lowest BCUT2D eigenvalue weighted by molar-refractivity contribution is 0.0989. The van der Waals surface area contributed by atoms with Gasteiger partial charge in [0.05, 0.1) is 5.39 Å². The maximum absolute atomic E-state index is 12.2. The number of hydrogen-bond acceptors (Lipinski definition) is 4. The molecule has 136 valence electrons. The number of nitrogens with zero attached hydrogens (tertiary/aromatic N) is 3. The van der Waals surface area contributed by atoms with E-state index in [1.807, 2.05) is 37.3 Å². The molecule has 2 heterocycles. The number of hydrogen-bond donors (Lipinski definition) is 1. The molecule has 0 bridgehead atoms. The first-order valence-corrected chi connectivity index (χ1v) is 9.18. The lowest BCUT2D eigenvalue weighted by Crippen LogP contribution is -2.00. The molecule has 0 saturated heterocycles. The molecule has 0 atom stereocenters. The number of benzene rings is 2. The monoisotopic (exact) mass is 358 g/mol. The summed E-state index contributed by atoms with van der Waals surface area (Å²) in [5.74, 6) is 0.631. The SMILES string of the molecule is CCC(=O)c1cccc2cc(-c3cn(C(C)C)c4ncnc(N)c34)ccc12. The molecule has 5 heteroatoms. The highest BCUT2D eigenvalue weighted by atomic mass is 16.1. The molecule has 4 aromatic rings. The molecule has 5 nitrogen and oxygen atoms in total. The van der Waals surface area contributed by atoms with Gasteiger partial charge in [0.25, 0.3) is 0 Å². The lowest BCUT2D eigenvalue weighted by Gasteiger charge is -2.08. The molecule has 0 spiro atoms. The van der Waals surface area contributed by atoms with Crippen molar-refractivity contribution < 1.29 is 4.79 Å². The van der Waals surface area contributed by atoms with Crippen LogP contribution in [0.15, 0.2) is 48.9 Å². The van der Waals surface area contributed by atoms with Crippen molar-refractivity contribution in [3.8, 4) is 11.1 Å². The predicted octanol–water partition coefficient (Wildman–Crippen LogP) is 5.01. The molecule has 0 saturated carbocycles. The number of ketones is 1. The number of fused-ring (bicyclic) bond motifs is 2. The van der Waals surface area contributed by atoms with Gasteiger partial charge in [0, 0.05) is 29.8 Å². The maximum atomic E-state index is 12.2. The van der Waals surface area contributed by atoms with Crippen molar-refractivity contribution in [1.82, 2.24) is 14.5 Å². The Morgan fingerprint density at radius 3 is 2.74 bits per heavy atom. The van der Waals surface area contributed by atoms with Gasteiger partial charge in [0.1, 0.15) is 17.8 Å². The van der Waals surface area contributed by atoms with Crippen LogP contribution in [0, 0.1) is 0 Å². The number of nitrogen functional groups attached to an aromatic ring is 1. The van der Waals surface area contributed by atoms with Gasteiger partial charge in [-0.2, -0.15) is 0 Å². The normalized spacial score (nSPS) is 11.6. The standard InChI is InChI=1S/C22H22N4O/c1-4-19(27)17-7-5-6-14-10-15(8-9-16(14)17)18-11-26(13(2)3)22-20(18)21(23)24-12-25-22/h5-13H,4H2,1-3H3,(H2,23,24,25). The van der Waals surface area contributed by atoms with E-state index < -0.39 is 0 Å². The first kappa shape index (κ1) is 17.2. The summed E-state index contributed by atoms with van der Waals surface area (Å²) in [7, 11) is 0. The van der Waals surface area contributed by atoms with E-state index in [0.29, 0.717) is 12.2 Å². The van der Waals surface area contributed by atoms with E-state index >= 15 is 0 Å². The Kier molecular flexibility index (Phi) is 4.15. The van der Waals surface area contributed by atoms with Crippen LogP contribution in [0.1, 0.15) is 43.6 Å². The van der Waals surface area contributed by atoms with Crippen LogP contribution in [-0.2, 0) is 0 Å². The van der Waals surface area contributed by atoms with Crippen molar-refractivity contribution in [3.63, 3.8) is 0 Å². The number of rotatable bonds is 4. The summed E-state index contributed by atoms with van der Waals surface area (Å²) >= 11 is 0. The summed E-state index contributed by atoms with van der Waals surface area (Å²) in [4.78, 5) is 20.9. The number of carbonyl (C=O) groups excluding carboxylic acids is 1. The minimum Gasteiger partial charge on any atom is -0.383 e. The third-order valence-electron chi connectivity index (χ3n) is 5.01. The molecule has 27 heavy (non-hydrogen) atoms. The number of anilines is 1. The van der Waals surface area contributed by atoms with Crippen LogP contribution in [-0.4, -0.2) is 20.3 Å². The van der Waals surface area contributed by atoms with Gasteiger partial charge >= 0.3 is 0 Å². The summed E-state index contributed by atoms with van der Waals surface area (Å²) < 4.78 is 2.12. The number of nitrogens with two attached hydrogens (primary N) is 1. The first-order valence-electron chi connectivity index (χ1n) is 9.18. The predicted molar refractivity (Wildman–Crippen MR) is 110 cm³/mol. The van der Waals surface area contributed by atoms with Gasteiger partial charge in [-0.3, -0.25) is 4.79 Å². The zero-order valence-corrected chi connectivity index (χ0v) is 15.7. The highest BCUT2D eigenvalue weighted by molar-refractivity contribution is 6.09. The van der Waals surface area contributed by atoms with Crippen LogP contribution in [0.3, 0.4) is 0 Å². The van der Waals surface area contributed by atoms with E-state index in [1.165, 1.54) is 6.33 Å². The van der Waals surface area contributed by atoms with Gasteiger partial charge in [-0.25, -0.2) is 9.97 Å². The molecule has 2 aromatic heterocycles. The third kappa shape index (κ3) is 2.76. The van der Waals surface area contributed by atoms with Gasteiger partial charge in [-0.05, 0) is 36.2 Å². The van der Waals surface area contributed by atoms with E-state index in [9.17, 15) is 4.79 Å². The Bertz CT molecular complexity index is 1170. The zero-order valence-electron chi connectivity index (χ0n) is 15.7. The molecule has 0 amide bonds. The van der Waals surface area contributed by atoms with Gasteiger partial charge < -0.3 is 10.3 Å². The van der Waals surface area contributed by atoms with Crippen LogP contribution in [0.2, 0.25) is 0 Å². The van der Waals surface area contributed by atoms with Crippen LogP contribution in [0.25, 0.3) is 32.9 Å². The van der Waals surface area contributed by atoms with Crippen molar-refractivity contribution in [2.24, 2.45) is 0 Å². The largest absolute Gasteiger partial charge is 0.383 e. The molecule has 4 rings (SSSR count). The van der Waals surface area contributed by atoms with Crippen molar-refractivity contribution in [3.05, 3.63) is 54.5 Å². The average Bonchev–Trinajstić information content (AvgIpc) is 3.08. The second kappa shape index (κ2) is 6.50. The second-order valence-electron chi connectivity index (χ2n) is 7.02. The number of carbonyl (C=O) groups is 1. The van der Waals surface area contributed by atoms with E-state index in [0.717, 1.165) is 38.5 Å². The Balaban J connectivity index is 1.97. The van der Waals surface area contributed by atoms with Gasteiger partial charge in [0.2, 0.25) is 0 Å². The molecule has 0 unspecified atom stereocenters. The van der Waals surface area contributed by atoms with E-state index in [-0.39, 0.29) is 11.8 Å². The summed E-state index contributed by atoms with van der Waals surface area (Å²) in [6.45, 7) is 6.12. The molecular formula is C22H22N4O. The number of Topliss-reactive ketones (excluding diaryl/α,β-unsaturated/α-hetero) is 1. The fourth-order valence-electron chi connectivity index (χ4n) is 3.61. The lowest BCUT2D eigenvalue weighted by atomic mass is 9.96. The van der Waals surface area contributed by atoms with Crippen molar-refractivity contribution in [1.29, 1.82) is 0 Å². The Hall–Kier alpha value is -3.21. The van der Waals surface area contributed by atoms with Crippen molar-refractivity contribution in [2.45, 2.75) is 33.2 Å². The summed E-state index contributed by atoms with van der Waals surface area (Å²) in [5.41, 5.74) is 9.84. The van der Waals surface area contributed by atoms with Gasteiger partial charge in [0.15, 0.2) is 5.78 Å². The fraction of sp³-hybridized carbons (Fsp3) is 0.227. The second-order valence-corrected chi connectivity index (χ2v) is 7.02. The molecule has 0 aliphatic carbocycles. The highest BCUT2D eigenvalue weighted by Crippen LogP contribution is 2.36. The summed E-state index contributed by atoms with van der Waals surface area (Å²) in [5, 5.41) is 2.88. The first-order chi connectivity index (χ1) is 13.0. The average molecular weight is 358 g/mol. The van der Waals surface area contributed by atoms with Crippen LogP contribution < -0.4 is 5.73 Å². The molecule has 0 aliphatic heterocycles. The molecular weight excluding hydrogens is 336 g/mol. The van der Waals surface area contributed by atoms with E-state index in [4.69, 9.17) is 5.73 Å². The molecule has 2 aromatic carbocycles. The molecule has 2 N–H and O–H groups in total. The highest BCUT2D eigenvalue weighted by Gasteiger charge is 2.17. The Morgan fingerprint density at radius 2 is 2.00 bits per heavy atom. The topological polar surface area (TPSA) is 73.8 Å². The molecule has 0 aliphatic rings. The van der Waals surface area contributed by atoms with Crippen LogP contribution in [0.5, 0.6) is 0 Å². The summed E-state index contributed by atoms with van der Waals surface area (Å²) in [6, 6.07) is 12.3. The van der Waals surface area contributed by atoms with Crippen LogP contribution in [0.4, 0.5) is 5.82 Å². The zero-order chi connectivity index (χ0) is 19.1. The Morgan fingerprint density at radius 1 is 1.19 bits per heavy atom. The quantitative estimate of drug-likeness (QED) is 0.521. The fourth-order valence-corrected chi connectivity index (χ4v) is 3.61.